The van der Waals surface area contributed by atoms with Crippen molar-refractivity contribution in [2.45, 2.75) is 19.9 Å². The first-order chi connectivity index (χ1) is 11.6. The molecule has 3 rings (SSSR count). The number of halogens is 1. The maximum absolute atomic E-state index is 12.9. The molecule has 0 spiro atoms. The summed E-state index contributed by atoms with van der Waals surface area (Å²) in [6.07, 6.45) is 0.651. The molecule has 124 valence electrons. The zero-order chi connectivity index (χ0) is 16.9. The monoisotopic (exact) mass is 343 g/mol. The molecule has 0 saturated carbocycles. The van der Waals surface area contributed by atoms with Crippen LogP contribution in [0.1, 0.15) is 21.7 Å². The molecule has 0 bridgehead atoms. The third-order valence-electron chi connectivity index (χ3n) is 3.65. The molecule has 2 aromatic carbocycles. The average molecular weight is 343 g/mol. The van der Waals surface area contributed by atoms with Crippen LogP contribution in [-0.2, 0) is 13.0 Å². The first kappa shape index (κ1) is 16.4. The number of aryl methyl sites for hydroxylation is 1. The fourth-order valence-corrected chi connectivity index (χ4v) is 3.10. The molecule has 0 atom stereocenters. The van der Waals surface area contributed by atoms with Gasteiger partial charge in [-0.1, -0.05) is 35.6 Å². The van der Waals surface area contributed by atoms with Gasteiger partial charge in [0.25, 0.3) is 0 Å². The smallest absolute Gasteiger partial charge is 0.205 e. The van der Waals surface area contributed by atoms with E-state index >= 15 is 0 Å². The second kappa shape index (κ2) is 7.40. The molecule has 24 heavy (non-hydrogen) atoms. The molecule has 0 aliphatic rings. The summed E-state index contributed by atoms with van der Waals surface area (Å²) >= 11 is 1.51. The van der Waals surface area contributed by atoms with Crippen molar-refractivity contribution in [1.29, 1.82) is 0 Å². The van der Waals surface area contributed by atoms with Crippen LogP contribution in [0, 0.1) is 12.7 Å². The molecule has 3 aromatic rings. The van der Waals surface area contributed by atoms with Gasteiger partial charge in [0.2, 0.25) is 5.13 Å². The minimum Gasteiger partial charge on any atom is -0.496 e. The fourth-order valence-electron chi connectivity index (χ4n) is 2.33. The van der Waals surface area contributed by atoms with E-state index in [4.69, 9.17) is 4.74 Å². The molecule has 0 amide bonds. The summed E-state index contributed by atoms with van der Waals surface area (Å²) in [4.78, 5) is 0. The van der Waals surface area contributed by atoms with Crippen molar-refractivity contribution in [3.63, 3.8) is 0 Å². The molecule has 0 radical (unpaired) electrons. The SMILES string of the molecule is COc1cc(CNc2nnc(Cc3ccc(F)cc3)s2)ccc1C. The van der Waals surface area contributed by atoms with Gasteiger partial charge in [-0.3, -0.25) is 0 Å². The van der Waals surface area contributed by atoms with Gasteiger partial charge < -0.3 is 10.1 Å². The quantitative estimate of drug-likeness (QED) is 0.729. The van der Waals surface area contributed by atoms with E-state index in [0.29, 0.717) is 13.0 Å². The van der Waals surface area contributed by atoms with Crippen molar-refractivity contribution in [2.24, 2.45) is 0 Å². The average Bonchev–Trinajstić information content (AvgIpc) is 3.04. The minimum atomic E-state index is -0.230. The topological polar surface area (TPSA) is 47.0 Å². The lowest BCUT2D eigenvalue weighted by Crippen LogP contribution is -2.00. The molecule has 6 heteroatoms. The van der Waals surface area contributed by atoms with E-state index in [-0.39, 0.29) is 5.82 Å². The van der Waals surface area contributed by atoms with Crippen molar-refractivity contribution in [3.05, 3.63) is 70.0 Å². The fraction of sp³-hybridized carbons (Fsp3) is 0.222. The highest BCUT2D eigenvalue weighted by atomic mass is 32.1. The summed E-state index contributed by atoms with van der Waals surface area (Å²) in [6.45, 7) is 2.67. The number of nitrogens with zero attached hydrogens (tertiary/aromatic N) is 2. The van der Waals surface area contributed by atoms with E-state index in [1.807, 2.05) is 19.1 Å². The van der Waals surface area contributed by atoms with Crippen LogP contribution < -0.4 is 10.1 Å². The molecule has 1 heterocycles. The van der Waals surface area contributed by atoms with Crippen molar-refractivity contribution >= 4 is 16.5 Å². The number of benzene rings is 2. The molecule has 0 saturated heterocycles. The molecule has 0 fully saturated rings. The number of methoxy groups -OCH3 is 1. The third-order valence-corrected chi connectivity index (χ3v) is 4.53. The van der Waals surface area contributed by atoms with Crippen LogP contribution in [0.5, 0.6) is 5.75 Å². The Morgan fingerprint density at radius 1 is 1.08 bits per heavy atom. The Labute approximate surface area is 144 Å². The van der Waals surface area contributed by atoms with E-state index < -0.39 is 0 Å². The first-order valence-electron chi connectivity index (χ1n) is 7.58. The summed E-state index contributed by atoms with van der Waals surface area (Å²) in [5, 5.41) is 13.3. The summed E-state index contributed by atoms with van der Waals surface area (Å²) < 4.78 is 18.3. The summed E-state index contributed by atoms with van der Waals surface area (Å²) in [5.74, 6) is 0.649. The number of hydrogen-bond acceptors (Lipinski definition) is 5. The van der Waals surface area contributed by atoms with Gasteiger partial charge in [0.1, 0.15) is 16.6 Å². The molecule has 0 aliphatic heterocycles. The normalized spacial score (nSPS) is 10.6. The highest BCUT2D eigenvalue weighted by molar-refractivity contribution is 7.15. The van der Waals surface area contributed by atoms with Crippen LogP contribution in [0.4, 0.5) is 9.52 Å². The van der Waals surface area contributed by atoms with E-state index in [2.05, 4.69) is 21.6 Å². The number of hydrogen-bond donors (Lipinski definition) is 1. The summed E-state index contributed by atoms with van der Waals surface area (Å²) in [7, 11) is 1.67. The highest BCUT2D eigenvalue weighted by Gasteiger charge is 2.06. The predicted octanol–water partition coefficient (Wildman–Crippen LogP) is 4.20. The van der Waals surface area contributed by atoms with E-state index in [1.165, 1.54) is 23.5 Å². The number of aromatic nitrogens is 2. The van der Waals surface area contributed by atoms with Crippen LogP contribution >= 0.6 is 11.3 Å². The molecule has 1 aromatic heterocycles. The molecule has 1 N–H and O–H groups in total. The molecular weight excluding hydrogens is 325 g/mol. The Hall–Kier alpha value is -2.47. The minimum absolute atomic E-state index is 0.230. The van der Waals surface area contributed by atoms with Gasteiger partial charge in [-0.15, -0.1) is 10.2 Å². The number of anilines is 1. The van der Waals surface area contributed by atoms with Crippen LogP contribution in [0.25, 0.3) is 0 Å². The Balaban J connectivity index is 1.61. The molecule has 0 unspecified atom stereocenters. The van der Waals surface area contributed by atoms with Gasteiger partial charge in [-0.25, -0.2) is 4.39 Å². The lowest BCUT2D eigenvalue weighted by molar-refractivity contribution is 0.411. The second-order valence-corrected chi connectivity index (χ2v) is 6.52. The largest absolute Gasteiger partial charge is 0.496 e. The van der Waals surface area contributed by atoms with Crippen molar-refractivity contribution in [2.75, 3.05) is 12.4 Å². The van der Waals surface area contributed by atoms with E-state index in [0.717, 1.165) is 32.6 Å². The zero-order valence-corrected chi connectivity index (χ0v) is 14.4. The Morgan fingerprint density at radius 3 is 2.58 bits per heavy atom. The third kappa shape index (κ3) is 4.08. The lowest BCUT2D eigenvalue weighted by atomic mass is 10.1. The number of ether oxygens (including phenoxy) is 1. The Bertz CT molecular complexity index is 817. The first-order valence-corrected chi connectivity index (χ1v) is 8.40. The van der Waals surface area contributed by atoms with Gasteiger partial charge in [-0.05, 0) is 41.8 Å². The maximum atomic E-state index is 12.9. The zero-order valence-electron chi connectivity index (χ0n) is 13.5. The summed E-state index contributed by atoms with van der Waals surface area (Å²) in [6, 6.07) is 12.6. The van der Waals surface area contributed by atoms with Gasteiger partial charge in [-0.2, -0.15) is 0 Å². The van der Waals surface area contributed by atoms with Gasteiger partial charge in [0.15, 0.2) is 0 Å². The Morgan fingerprint density at radius 2 is 1.83 bits per heavy atom. The second-order valence-electron chi connectivity index (χ2n) is 5.46. The predicted molar refractivity (Wildman–Crippen MR) is 94.2 cm³/mol. The number of rotatable bonds is 6. The van der Waals surface area contributed by atoms with Crippen LogP contribution in [0.2, 0.25) is 0 Å². The standard InChI is InChI=1S/C18H18FN3OS/c1-12-3-4-14(9-16(12)23-2)11-20-18-22-21-17(24-18)10-13-5-7-15(19)8-6-13/h3-9H,10-11H2,1-2H3,(H,20,22). The van der Waals surface area contributed by atoms with Gasteiger partial charge in [0.05, 0.1) is 7.11 Å². The van der Waals surface area contributed by atoms with Crippen LogP contribution in [0.15, 0.2) is 42.5 Å². The van der Waals surface area contributed by atoms with Crippen LogP contribution in [0.3, 0.4) is 0 Å². The van der Waals surface area contributed by atoms with Crippen molar-refractivity contribution < 1.29 is 9.13 Å². The van der Waals surface area contributed by atoms with E-state index in [1.54, 1.807) is 19.2 Å². The van der Waals surface area contributed by atoms with Crippen molar-refractivity contribution in [1.82, 2.24) is 10.2 Å². The Kier molecular flexibility index (Phi) is 5.05. The molecular formula is C18H18FN3OS. The lowest BCUT2D eigenvalue weighted by Gasteiger charge is -2.07. The van der Waals surface area contributed by atoms with Gasteiger partial charge >= 0.3 is 0 Å². The highest BCUT2D eigenvalue weighted by Crippen LogP contribution is 2.22. The molecule has 4 nitrogen and oxygen atoms in total. The summed E-state index contributed by atoms with van der Waals surface area (Å²) in [5.41, 5.74) is 3.24. The van der Waals surface area contributed by atoms with Crippen LogP contribution in [-0.4, -0.2) is 17.3 Å². The van der Waals surface area contributed by atoms with E-state index in [9.17, 15) is 4.39 Å². The number of nitrogens with one attached hydrogen (secondary N) is 1. The molecule has 0 aliphatic carbocycles. The van der Waals surface area contributed by atoms with Crippen molar-refractivity contribution in [3.8, 4) is 5.75 Å². The van der Waals surface area contributed by atoms with Gasteiger partial charge in [0, 0.05) is 13.0 Å². The maximum Gasteiger partial charge on any atom is 0.205 e.